The fourth-order valence-electron chi connectivity index (χ4n) is 4.51. The molecule has 3 N–H and O–H groups in total. The van der Waals surface area contributed by atoms with Gasteiger partial charge in [0.25, 0.3) is 0 Å². The van der Waals surface area contributed by atoms with E-state index in [1.165, 1.54) is 19.2 Å². The van der Waals surface area contributed by atoms with Crippen LogP contribution in [0.3, 0.4) is 0 Å². The minimum atomic E-state index is -0.559. The number of halogens is 1. The van der Waals surface area contributed by atoms with Gasteiger partial charge in [-0.15, -0.1) is 11.8 Å². The quantitative estimate of drug-likeness (QED) is 0.343. The number of thioether (sulfide) groups is 1. The van der Waals surface area contributed by atoms with Crippen LogP contribution in [0.1, 0.15) is 35.8 Å². The summed E-state index contributed by atoms with van der Waals surface area (Å²) in [6.45, 7) is 1.90. The van der Waals surface area contributed by atoms with E-state index < -0.39 is 5.82 Å². The average Bonchev–Trinajstić information content (AvgIpc) is 3.66. The lowest BCUT2D eigenvalue weighted by Gasteiger charge is -2.22. The summed E-state index contributed by atoms with van der Waals surface area (Å²) < 4.78 is 31.1. The Hall–Kier alpha value is -3.61. The average molecular weight is 584 g/mol. The smallest absolute Gasteiger partial charge is 0.319 e. The largest absolute Gasteiger partial charge is 0.453 e. The molecule has 3 amide bonds. The monoisotopic (exact) mass is 583 g/mol. The summed E-state index contributed by atoms with van der Waals surface area (Å²) in [6, 6.07) is 8.24. The number of hydrogen-bond acceptors (Lipinski definition) is 8. The van der Waals surface area contributed by atoms with Crippen molar-refractivity contribution < 1.29 is 28.2 Å². The highest BCUT2D eigenvalue weighted by atomic mass is 32.2. The molecule has 1 saturated carbocycles. The number of rotatable bonds is 12. The second-order valence-corrected chi connectivity index (χ2v) is 11.2. The number of nitrogens with one attached hydrogen (secondary N) is 3. The van der Waals surface area contributed by atoms with Crippen LogP contribution in [0.15, 0.2) is 59.0 Å². The summed E-state index contributed by atoms with van der Waals surface area (Å²) in [5.41, 5.74) is 3.22. The number of pyridine rings is 1. The zero-order valence-corrected chi connectivity index (χ0v) is 23.9. The van der Waals surface area contributed by atoms with Gasteiger partial charge in [-0.3, -0.25) is 9.78 Å². The molecular weight excluding hydrogens is 549 g/mol. The first-order valence-electron chi connectivity index (χ1n) is 13.5. The van der Waals surface area contributed by atoms with Gasteiger partial charge < -0.3 is 35.1 Å². The van der Waals surface area contributed by atoms with Gasteiger partial charge in [0.05, 0.1) is 22.5 Å². The maximum absolute atomic E-state index is 14.9. The van der Waals surface area contributed by atoms with E-state index in [0.29, 0.717) is 37.7 Å². The van der Waals surface area contributed by atoms with E-state index in [4.69, 9.17) is 19.2 Å². The van der Waals surface area contributed by atoms with E-state index in [1.54, 1.807) is 36.0 Å². The van der Waals surface area contributed by atoms with E-state index in [-0.39, 0.29) is 35.6 Å². The second-order valence-electron chi connectivity index (χ2n) is 10.0. The van der Waals surface area contributed by atoms with Crippen molar-refractivity contribution in [1.82, 2.24) is 20.5 Å². The zero-order valence-electron chi connectivity index (χ0n) is 23.1. The Kier molecular flexibility index (Phi) is 9.42. The molecule has 0 saturated heterocycles. The summed E-state index contributed by atoms with van der Waals surface area (Å²) in [5.74, 6) is 0.0184. The summed E-state index contributed by atoms with van der Waals surface area (Å²) in [5, 5.41) is 8.94. The lowest BCUT2D eigenvalue weighted by atomic mass is 10.1. The van der Waals surface area contributed by atoms with Crippen molar-refractivity contribution in [2.45, 2.75) is 37.1 Å². The van der Waals surface area contributed by atoms with Crippen molar-refractivity contribution in [3.8, 4) is 5.75 Å². The Morgan fingerprint density at radius 2 is 2.05 bits per heavy atom. The molecule has 2 aliphatic heterocycles. The van der Waals surface area contributed by atoms with Gasteiger partial charge in [0.15, 0.2) is 11.6 Å². The summed E-state index contributed by atoms with van der Waals surface area (Å²) in [4.78, 5) is 31.7. The number of dihydropyridines is 1. The van der Waals surface area contributed by atoms with Gasteiger partial charge in [-0.05, 0) is 42.7 Å². The lowest BCUT2D eigenvalue weighted by molar-refractivity contribution is -0.136. The number of carbonyl (C=O) groups is 2. The molecule has 1 atom stereocenters. The third-order valence-corrected chi connectivity index (χ3v) is 8.19. The van der Waals surface area contributed by atoms with Crippen LogP contribution >= 0.6 is 11.8 Å². The minimum absolute atomic E-state index is 0.0125. The first kappa shape index (κ1) is 28.9. The highest BCUT2D eigenvalue weighted by molar-refractivity contribution is 8.03. The summed E-state index contributed by atoms with van der Waals surface area (Å²) in [7, 11) is 3.10. The molecule has 2 aromatic rings. The van der Waals surface area contributed by atoms with Gasteiger partial charge in [0.2, 0.25) is 5.91 Å². The molecule has 1 aromatic carbocycles. The van der Waals surface area contributed by atoms with E-state index in [0.717, 1.165) is 41.1 Å². The molecule has 10 nitrogen and oxygen atoms in total. The Morgan fingerprint density at radius 1 is 1.20 bits per heavy atom. The van der Waals surface area contributed by atoms with Gasteiger partial charge in [-0.1, -0.05) is 6.07 Å². The topological polar surface area (TPSA) is 114 Å². The molecule has 5 rings (SSSR count). The number of amides is 3. The molecule has 1 aromatic heterocycles. The van der Waals surface area contributed by atoms with E-state index in [9.17, 15) is 14.0 Å². The first-order chi connectivity index (χ1) is 19.9. The maximum atomic E-state index is 14.9. The second kappa shape index (κ2) is 13.4. The molecule has 12 heteroatoms. The predicted molar refractivity (Wildman–Crippen MR) is 154 cm³/mol. The lowest BCUT2D eigenvalue weighted by Crippen LogP contribution is -2.35. The number of anilines is 1. The maximum Gasteiger partial charge on any atom is 0.319 e. The van der Waals surface area contributed by atoms with Crippen LogP contribution < -0.4 is 20.7 Å². The molecule has 1 fully saturated rings. The van der Waals surface area contributed by atoms with Crippen LogP contribution in [0.5, 0.6) is 5.75 Å². The molecule has 3 aliphatic rings. The van der Waals surface area contributed by atoms with E-state index in [2.05, 4.69) is 16.0 Å². The van der Waals surface area contributed by atoms with Gasteiger partial charge in [0, 0.05) is 70.0 Å². The Labute approximate surface area is 242 Å². The number of benzene rings is 1. The molecule has 1 aliphatic carbocycles. The van der Waals surface area contributed by atoms with Crippen LogP contribution in [0.2, 0.25) is 0 Å². The first-order valence-corrected chi connectivity index (χ1v) is 14.4. The summed E-state index contributed by atoms with van der Waals surface area (Å²) in [6.07, 6.45) is 6.37. The standard InChI is InChI=1S/C29H34FN5O5S/c1-38-12-11-35(27(36)17-39-2)16-18-3-7-22(32-15-18)26-14-23-28(41-26)25(9-10-31-23)40-24-8-6-20(13-21(24)30)34-29(37)33-19-4-5-19/h3,6-9,13,15,19,26,31H,4-5,10-12,14,16-17H2,1-2H3,(H2,33,34,37). The molecule has 0 bridgehead atoms. The minimum Gasteiger partial charge on any atom is -0.453 e. The molecule has 218 valence electrons. The van der Waals surface area contributed by atoms with Crippen molar-refractivity contribution in [3.05, 3.63) is 76.0 Å². The molecule has 0 spiro atoms. The number of nitrogens with zero attached hydrogens (tertiary/aromatic N) is 2. The highest BCUT2D eigenvalue weighted by Gasteiger charge is 2.32. The van der Waals surface area contributed by atoms with Crippen molar-refractivity contribution in [2.24, 2.45) is 0 Å². The number of aromatic nitrogens is 1. The predicted octanol–water partition coefficient (Wildman–Crippen LogP) is 4.08. The van der Waals surface area contributed by atoms with Crippen molar-refractivity contribution in [2.75, 3.05) is 45.8 Å². The molecule has 3 heterocycles. The SMILES string of the molecule is COCCN(Cc1ccc(C2CC3=C(S2)C(Oc2ccc(NC(=O)NC4CC4)cc2F)=CCN3)nc1)C(=O)COC. The molecule has 1 unspecified atom stereocenters. The fourth-order valence-corrected chi connectivity index (χ4v) is 5.85. The van der Waals surface area contributed by atoms with E-state index >= 15 is 0 Å². The van der Waals surface area contributed by atoms with Crippen LogP contribution in [-0.4, -0.2) is 68.4 Å². The van der Waals surface area contributed by atoms with Crippen LogP contribution in [0, 0.1) is 5.82 Å². The third-order valence-electron chi connectivity index (χ3n) is 6.81. The van der Waals surface area contributed by atoms with Crippen molar-refractivity contribution >= 4 is 29.4 Å². The van der Waals surface area contributed by atoms with Crippen LogP contribution in [-0.2, 0) is 20.8 Å². The van der Waals surface area contributed by atoms with Gasteiger partial charge in [-0.2, -0.15) is 0 Å². The zero-order chi connectivity index (χ0) is 28.8. The Balaban J connectivity index is 1.19. The summed E-state index contributed by atoms with van der Waals surface area (Å²) >= 11 is 1.62. The number of allylic oxidation sites excluding steroid dienone is 1. The molecule has 41 heavy (non-hydrogen) atoms. The van der Waals surface area contributed by atoms with E-state index in [1.807, 2.05) is 18.2 Å². The number of methoxy groups -OCH3 is 2. The number of hydrogen-bond donors (Lipinski definition) is 3. The Bertz CT molecular complexity index is 1330. The normalized spacial score (nSPS) is 17.8. The number of urea groups is 1. The fraction of sp³-hybridized carbons (Fsp3) is 0.414. The van der Waals surface area contributed by atoms with Gasteiger partial charge >= 0.3 is 6.03 Å². The van der Waals surface area contributed by atoms with Gasteiger partial charge in [-0.25, -0.2) is 9.18 Å². The molecule has 0 radical (unpaired) electrons. The van der Waals surface area contributed by atoms with Crippen molar-refractivity contribution in [1.29, 1.82) is 0 Å². The van der Waals surface area contributed by atoms with Crippen LogP contribution in [0.4, 0.5) is 14.9 Å². The number of ether oxygens (including phenoxy) is 3. The van der Waals surface area contributed by atoms with Gasteiger partial charge in [0.1, 0.15) is 12.4 Å². The van der Waals surface area contributed by atoms with Crippen molar-refractivity contribution in [3.63, 3.8) is 0 Å². The highest BCUT2D eigenvalue weighted by Crippen LogP contribution is 2.50. The third kappa shape index (κ3) is 7.57. The molecular formula is C29H34FN5O5S. The number of carbonyl (C=O) groups excluding carboxylic acids is 2. The Morgan fingerprint density at radius 3 is 2.76 bits per heavy atom. The van der Waals surface area contributed by atoms with Crippen LogP contribution in [0.25, 0.3) is 0 Å².